The fraction of sp³-hybridized carbons (Fsp3) is 0.545. The monoisotopic (exact) mass is 298 g/mol. The van der Waals surface area contributed by atoms with Gasteiger partial charge in [-0.2, -0.15) is 9.97 Å². The first-order chi connectivity index (χ1) is 9.51. The number of rotatable bonds is 6. The Labute approximate surface area is 116 Å². The number of fused-ring (bicyclic) bond motifs is 1. The van der Waals surface area contributed by atoms with E-state index in [4.69, 9.17) is 10.5 Å². The highest BCUT2D eigenvalue weighted by atomic mass is 31.1. The maximum atomic E-state index is 11.1. The molecule has 108 valence electrons. The van der Waals surface area contributed by atoms with Crippen LogP contribution in [-0.2, 0) is 11.1 Å². The molecule has 0 amide bonds. The van der Waals surface area contributed by atoms with Crippen molar-refractivity contribution in [3.05, 3.63) is 6.33 Å². The van der Waals surface area contributed by atoms with Crippen molar-refractivity contribution in [1.82, 2.24) is 19.5 Å². The average Bonchev–Trinajstić information content (AvgIpc) is 2.77. The van der Waals surface area contributed by atoms with Crippen LogP contribution in [0.2, 0.25) is 0 Å². The Morgan fingerprint density at radius 3 is 2.95 bits per heavy atom. The highest BCUT2D eigenvalue weighted by Crippen LogP contribution is 2.22. The summed E-state index contributed by atoms with van der Waals surface area (Å²) in [7, 11) is 0.141. The van der Waals surface area contributed by atoms with E-state index in [1.165, 1.54) is 7.11 Å². The van der Waals surface area contributed by atoms with Crippen LogP contribution in [0.15, 0.2) is 6.33 Å². The van der Waals surface area contributed by atoms with Gasteiger partial charge in [-0.25, -0.2) is 4.98 Å². The molecule has 0 bridgehead atoms. The fourth-order valence-electron chi connectivity index (χ4n) is 1.92. The SMILES string of the molecule is COc1nc(N)nc2c1ncn2CCC(O)C[P+](C)=O. The van der Waals surface area contributed by atoms with E-state index in [1.807, 2.05) is 0 Å². The van der Waals surface area contributed by atoms with Crippen molar-refractivity contribution in [3.8, 4) is 5.88 Å². The molecule has 2 rings (SSSR count). The van der Waals surface area contributed by atoms with Gasteiger partial charge in [0.25, 0.3) is 0 Å². The van der Waals surface area contributed by atoms with Crippen LogP contribution >= 0.6 is 7.80 Å². The standard InChI is InChI=1S/C11H17N5O3P/c1-19-10-8-9(14-11(12)15-10)16(6-13-8)4-3-7(17)5-20(2)18/h6-7,17H,3-5H2,1-2H3,(H2,12,14,15)/q+1. The highest BCUT2D eigenvalue weighted by Gasteiger charge is 2.17. The molecule has 20 heavy (non-hydrogen) atoms. The zero-order valence-electron chi connectivity index (χ0n) is 11.4. The van der Waals surface area contributed by atoms with Crippen molar-refractivity contribution < 1.29 is 14.4 Å². The summed E-state index contributed by atoms with van der Waals surface area (Å²) in [5.74, 6) is 0.428. The van der Waals surface area contributed by atoms with E-state index in [2.05, 4.69) is 15.0 Å². The van der Waals surface area contributed by atoms with Crippen LogP contribution in [-0.4, -0.2) is 50.7 Å². The van der Waals surface area contributed by atoms with Gasteiger partial charge in [0.15, 0.2) is 17.3 Å². The molecule has 0 aliphatic heterocycles. The molecule has 0 spiro atoms. The molecule has 0 saturated carbocycles. The van der Waals surface area contributed by atoms with Gasteiger partial charge in [0.2, 0.25) is 11.8 Å². The number of aliphatic hydroxyl groups is 1. The van der Waals surface area contributed by atoms with E-state index in [0.717, 1.165) is 0 Å². The molecule has 0 fully saturated rings. The van der Waals surface area contributed by atoms with Gasteiger partial charge in [-0.05, 0) is 6.42 Å². The smallest absolute Gasteiger partial charge is 0.338 e. The number of nitrogens with zero attached hydrogens (tertiary/aromatic N) is 4. The lowest BCUT2D eigenvalue weighted by Gasteiger charge is -2.07. The van der Waals surface area contributed by atoms with E-state index in [-0.39, 0.29) is 5.95 Å². The van der Waals surface area contributed by atoms with Gasteiger partial charge in [-0.3, -0.25) is 0 Å². The maximum Gasteiger partial charge on any atom is 0.338 e. The molecule has 2 aromatic rings. The molecule has 2 heterocycles. The second kappa shape index (κ2) is 6.11. The zero-order chi connectivity index (χ0) is 14.7. The van der Waals surface area contributed by atoms with Gasteiger partial charge >= 0.3 is 7.80 Å². The van der Waals surface area contributed by atoms with Gasteiger partial charge in [0, 0.05) is 6.54 Å². The maximum absolute atomic E-state index is 11.1. The Morgan fingerprint density at radius 1 is 1.55 bits per heavy atom. The number of hydrogen-bond acceptors (Lipinski definition) is 7. The lowest BCUT2D eigenvalue weighted by atomic mass is 10.3. The van der Waals surface area contributed by atoms with Gasteiger partial charge in [0.05, 0.1) is 19.5 Å². The van der Waals surface area contributed by atoms with Crippen LogP contribution in [0.1, 0.15) is 6.42 Å². The molecule has 2 atom stereocenters. The minimum Gasteiger partial charge on any atom is -0.479 e. The van der Waals surface area contributed by atoms with Crippen molar-refractivity contribution in [1.29, 1.82) is 0 Å². The third kappa shape index (κ3) is 3.20. The Balaban J connectivity index is 2.19. The number of aliphatic hydroxyl groups excluding tert-OH is 1. The highest BCUT2D eigenvalue weighted by molar-refractivity contribution is 7.43. The predicted octanol–water partition coefficient (Wildman–Crippen LogP) is 0.625. The predicted molar refractivity (Wildman–Crippen MR) is 75.3 cm³/mol. The minimum atomic E-state index is -1.35. The quantitative estimate of drug-likeness (QED) is 0.751. The summed E-state index contributed by atoms with van der Waals surface area (Å²) >= 11 is 0. The molecule has 2 aromatic heterocycles. The average molecular weight is 298 g/mol. The number of hydrogen-bond donors (Lipinski definition) is 2. The fourth-order valence-corrected chi connectivity index (χ4v) is 2.69. The number of anilines is 1. The first-order valence-electron chi connectivity index (χ1n) is 6.10. The Kier molecular flexibility index (Phi) is 4.46. The summed E-state index contributed by atoms with van der Waals surface area (Å²) in [6.45, 7) is 2.10. The summed E-state index contributed by atoms with van der Waals surface area (Å²) in [5.41, 5.74) is 6.70. The Bertz CT molecular complexity index is 630. The van der Waals surface area contributed by atoms with Gasteiger partial charge in [0.1, 0.15) is 6.66 Å². The first kappa shape index (κ1) is 14.6. The number of nitrogens with two attached hydrogens (primary N) is 1. The van der Waals surface area contributed by atoms with E-state index >= 15 is 0 Å². The van der Waals surface area contributed by atoms with Crippen molar-refractivity contribution >= 4 is 24.9 Å². The summed E-state index contributed by atoms with van der Waals surface area (Å²) < 4.78 is 17.9. The lowest BCUT2D eigenvalue weighted by Crippen LogP contribution is -2.13. The number of methoxy groups -OCH3 is 1. The van der Waals surface area contributed by atoms with Crippen LogP contribution in [0, 0.1) is 0 Å². The molecular weight excluding hydrogens is 281 g/mol. The molecule has 2 unspecified atom stereocenters. The van der Waals surface area contributed by atoms with E-state index in [1.54, 1.807) is 17.6 Å². The van der Waals surface area contributed by atoms with Crippen molar-refractivity contribution in [2.24, 2.45) is 0 Å². The molecule has 0 aliphatic rings. The van der Waals surface area contributed by atoms with E-state index < -0.39 is 13.9 Å². The van der Waals surface area contributed by atoms with E-state index in [0.29, 0.717) is 36.2 Å². The first-order valence-corrected chi connectivity index (χ1v) is 7.99. The third-order valence-electron chi connectivity index (χ3n) is 2.81. The molecular formula is C11H17N5O3P+. The van der Waals surface area contributed by atoms with Gasteiger partial charge < -0.3 is 20.1 Å². The van der Waals surface area contributed by atoms with Crippen molar-refractivity contribution in [3.63, 3.8) is 0 Å². The largest absolute Gasteiger partial charge is 0.479 e. The Hall–Kier alpha value is -1.79. The molecule has 9 heteroatoms. The van der Waals surface area contributed by atoms with Crippen molar-refractivity contribution in [2.75, 3.05) is 25.7 Å². The number of aryl methyl sites for hydroxylation is 1. The number of nitrogen functional groups attached to an aromatic ring is 1. The normalized spacial score (nSPS) is 13.4. The second-order valence-electron chi connectivity index (χ2n) is 4.45. The minimum absolute atomic E-state index is 0.105. The number of imidazole rings is 1. The summed E-state index contributed by atoms with van der Waals surface area (Å²) in [6, 6.07) is 0. The molecule has 0 radical (unpaired) electrons. The molecule has 0 saturated heterocycles. The number of aromatic nitrogens is 4. The van der Waals surface area contributed by atoms with Crippen LogP contribution in [0.25, 0.3) is 11.2 Å². The van der Waals surface area contributed by atoms with E-state index in [9.17, 15) is 9.67 Å². The third-order valence-corrected chi connectivity index (χ3v) is 3.75. The molecule has 8 nitrogen and oxygen atoms in total. The zero-order valence-corrected chi connectivity index (χ0v) is 12.2. The molecule has 3 N–H and O–H groups in total. The van der Waals surface area contributed by atoms with Gasteiger partial charge in [-0.15, -0.1) is 0 Å². The van der Waals surface area contributed by atoms with Crippen LogP contribution in [0.5, 0.6) is 5.88 Å². The second-order valence-corrected chi connectivity index (χ2v) is 6.08. The summed E-state index contributed by atoms with van der Waals surface area (Å²) in [6.07, 6.45) is 1.75. The molecule has 0 aliphatic carbocycles. The molecule has 0 aromatic carbocycles. The van der Waals surface area contributed by atoms with Crippen molar-refractivity contribution in [2.45, 2.75) is 19.1 Å². The van der Waals surface area contributed by atoms with Crippen LogP contribution in [0.3, 0.4) is 0 Å². The summed E-state index contributed by atoms with van der Waals surface area (Å²) in [4.78, 5) is 12.3. The van der Waals surface area contributed by atoms with Crippen LogP contribution in [0.4, 0.5) is 5.95 Å². The summed E-state index contributed by atoms with van der Waals surface area (Å²) in [5, 5.41) is 9.75. The van der Waals surface area contributed by atoms with Crippen LogP contribution < -0.4 is 10.5 Å². The topological polar surface area (TPSA) is 116 Å². The number of ether oxygens (including phenoxy) is 1. The lowest BCUT2D eigenvalue weighted by molar-refractivity contribution is 0.181. The Morgan fingerprint density at radius 2 is 2.30 bits per heavy atom. The van der Waals surface area contributed by atoms with Gasteiger partial charge in [-0.1, -0.05) is 4.57 Å².